The van der Waals surface area contributed by atoms with Crippen LogP contribution in [0.15, 0.2) is 33.7 Å². The molecule has 3 nitrogen and oxygen atoms in total. The summed E-state index contributed by atoms with van der Waals surface area (Å²) < 4.78 is 1.12. The van der Waals surface area contributed by atoms with Gasteiger partial charge in [0.25, 0.3) is 0 Å². The molecule has 1 aliphatic rings. The molecule has 92 valence electrons. The third-order valence-corrected chi connectivity index (χ3v) is 3.46. The van der Waals surface area contributed by atoms with Crippen molar-refractivity contribution in [3.63, 3.8) is 0 Å². The standard InChI is InChI=1S/C13H18BrN3/c1-2-7-16-13(15)17-12-8-11(12)9-3-5-10(14)6-4-9/h3-6,11-12H,2,7-8H2,1H3,(H3,15,16,17). The fourth-order valence-electron chi connectivity index (χ4n) is 1.90. The quantitative estimate of drug-likeness (QED) is 0.663. The minimum atomic E-state index is 0.455. The normalized spacial score (nSPS) is 23.5. The Balaban J connectivity index is 1.86. The molecule has 0 saturated heterocycles. The second-order valence-electron chi connectivity index (χ2n) is 4.41. The van der Waals surface area contributed by atoms with E-state index >= 15 is 0 Å². The Bertz CT molecular complexity index is 400. The van der Waals surface area contributed by atoms with Crippen LogP contribution in [0.2, 0.25) is 0 Å². The van der Waals surface area contributed by atoms with Crippen LogP contribution in [0.1, 0.15) is 31.2 Å². The van der Waals surface area contributed by atoms with E-state index in [1.165, 1.54) is 5.56 Å². The van der Waals surface area contributed by atoms with Crippen LogP contribution >= 0.6 is 15.9 Å². The Morgan fingerprint density at radius 3 is 2.82 bits per heavy atom. The summed E-state index contributed by atoms with van der Waals surface area (Å²) in [6.07, 6.45) is 2.17. The lowest BCUT2D eigenvalue weighted by atomic mass is 10.1. The fourth-order valence-corrected chi connectivity index (χ4v) is 2.17. The molecule has 4 heteroatoms. The van der Waals surface area contributed by atoms with Crippen LogP contribution in [-0.2, 0) is 0 Å². The first-order valence-electron chi connectivity index (χ1n) is 6.02. The first-order chi connectivity index (χ1) is 8.20. The van der Waals surface area contributed by atoms with Crippen LogP contribution in [0.25, 0.3) is 0 Å². The lowest BCUT2D eigenvalue weighted by Crippen LogP contribution is -2.34. The molecule has 0 aromatic heterocycles. The highest BCUT2D eigenvalue weighted by Gasteiger charge is 2.38. The number of rotatable bonds is 4. The van der Waals surface area contributed by atoms with Gasteiger partial charge in [0.1, 0.15) is 0 Å². The molecule has 0 bridgehead atoms. The SMILES string of the molecule is CCCN=C(N)NC1CC1c1ccc(Br)cc1. The summed E-state index contributed by atoms with van der Waals surface area (Å²) in [5.74, 6) is 1.16. The average Bonchev–Trinajstić information content (AvgIpc) is 3.06. The fraction of sp³-hybridized carbons (Fsp3) is 0.462. The van der Waals surface area contributed by atoms with Crippen molar-refractivity contribution in [2.75, 3.05) is 6.54 Å². The molecule has 0 spiro atoms. The van der Waals surface area contributed by atoms with Gasteiger partial charge in [0.15, 0.2) is 5.96 Å². The van der Waals surface area contributed by atoms with E-state index in [0.717, 1.165) is 23.9 Å². The molecule has 0 aliphatic heterocycles. The molecule has 2 rings (SSSR count). The highest BCUT2D eigenvalue weighted by atomic mass is 79.9. The number of hydrogen-bond acceptors (Lipinski definition) is 1. The van der Waals surface area contributed by atoms with Crippen molar-refractivity contribution < 1.29 is 0 Å². The van der Waals surface area contributed by atoms with Gasteiger partial charge < -0.3 is 11.1 Å². The van der Waals surface area contributed by atoms with Crippen LogP contribution in [0.4, 0.5) is 0 Å². The summed E-state index contributed by atoms with van der Waals surface area (Å²) in [6, 6.07) is 8.95. The molecule has 1 saturated carbocycles. The van der Waals surface area contributed by atoms with Crippen LogP contribution in [0, 0.1) is 0 Å². The number of nitrogens with zero attached hydrogens (tertiary/aromatic N) is 1. The van der Waals surface area contributed by atoms with Gasteiger partial charge in [0.2, 0.25) is 0 Å². The minimum absolute atomic E-state index is 0.455. The average molecular weight is 296 g/mol. The molecule has 2 atom stereocenters. The van der Waals surface area contributed by atoms with E-state index in [2.05, 4.69) is 57.4 Å². The summed E-state index contributed by atoms with van der Waals surface area (Å²) in [5.41, 5.74) is 7.17. The van der Waals surface area contributed by atoms with Gasteiger partial charge in [-0.1, -0.05) is 35.0 Å². The third kappa shape index (κ3) is 3.46. The zero-order valence-corrected chi connectivity index (χ0v) is 11.6. The van der Waals surface area contributed by atoms with E-state index in [-0.39, 0.29) is 0 Å². The molecule has 1 aliphatic carbocycles. The van der Waals surface area contributed by atoms with Gasteiger partial charge in [-0.2, -0.15) is 0 Å². The molecular formula is C13H18BrN3. The van der Waals surface area contributed by atoms with E-state index in [9.17, 15) is 0 Å². The van der Waals surface area contributed by atoms with Crippen molar-refractivity contribution in [2.24, 2.45) is 10.7 Å². The van der Waals surface area contributed by atoms with Gasteiger partial charge in [-0.15, -0.1) is 0 Å². The van der Waals surface area contributed by atoms with Gasteiger partial charge in [-0.3, -0.25) is 4.99 Å². The largest absolute Gasteiger partial charge is 0.370 e. The number of hydrogen-bond donors (Lipinski definition) is 2. The van der Waals surface area contributed by atoms with E-state index in [1.807, 2.05) is 0 Å². The van der Waals surface area contributed by atoms with Crippen molar-refractivity contribution in [3.8, 4) is 0 Å². The Hall–Kier alpha value is -1.03. The highest BCUT2D eigenvalue weighted by Crippen LogP contribution is 2.40. The summed E-state index contributed by atoms with van der Waals surface area (Å²) in [6.45, 7) is 2.90. The lowest BCUT2D eigenvalue weighted by molar-refractivity contribution is 0.837. The van der Waals surface area contributed by atoms with Gasteiger partial charge in [-0.05, 0) is 30.5 Å². The molecule has 2 unspecified atom stereocenters. The first-order valence-corrected chi connectivity index (χ1v) is 6.82. The first kappa shape index (κ1) is 12.4. The number of benzene rings is 1. The molecule has 3 N–H and O–H groups in total. The van der Waals surface area contributed by atoms with Crippen molar-refractivity contribution in [3.05, 3.63) is 34.3 Å². The minimum Gasteiger partial charge on any atom is -0.370 e. The summed E-state index contributed by atoms with van der Waals surface area (Å²) in [5, 5.41) is 3.27. The Morgan fingerprint density at radius 1 is 1.47 bits per heavy atom. The molecule has 1 aromatic rings. The monoisotopic (exact) mass is 295 g/mol. The maximum atomic E-state index is 5.80. The predicted molar refractivity (Wildman–Crippen MR) is 75.2 cm³/mol. The number of halogens is 1. The molecule has 0 heterocycles. The zero-order valence-electron chi connectivity index (χ0n) is 9.99. The van der Waals surface area contributed by atoms with Gasteiger partial charge in [0.05, 0.1) is 0 Å². The maximum Gasteiger partial charge on any atom is 0.188 e. The van der Waals surface area contributed by atoms with Crippen molar-refractivity contribution in [1.82, 2.24) is 5.32 Å². The van der Waals surface area contributed by atoms with E-state index in [0.29, 0.717) is 17.9 Å². The second-order valence-corrected chi connectivity index (χ2v) is 5.33. The van der Waals surface area contributed by atoms with Gasteiger partial charge in [-0.25, -0.2) is 0 Å². The molecule has 0 amide bonds. The number of aliphatic imine (C=N–C) groups is 1. The molecule has 1 aromatic carbocycles. The third-order valence-electron chi connectivity index (χ3n) is 2.93. The Kier molecular flexibility index (Phi) is 4.05. The predicted octanol–water partition coefficient (Wildman–Crippen LogP) is 2.62. The summed E-state index contributed by atoms with van der Waals surface area (Å²) >= 11 is 3.44. The van der Waals surface area contributed by atoms with Crippen LogP contribution in [-0.4, -0.2) is 18.5 Å². The number of nitrogens with two attached hydrogens (primary N) is 1. The topological polar surface area (TPSA) is 50.4 Å². The van der Waals surface area contributed by atoms with Gasteiger partial charge in [0, 0.05) is 23.0 Å². The smallest absolute Gasteiger partial charge is 0.188 e. The van der Waals surface area contributed by atoms with Gasteiger partial charge >= 0.3 is 0 Å². The van der Waals surface area contributed by atoms with Crippen LogP contribution in [0.3, 0.4) is 0 Å². The van der Waals surface area contributed by atoms with E-state index in [1.54, 1.807) is 0 Å². The number of nitrogens with one attached hydrogen (secondary N) is 1. The van der Waals surface area contributed by atoms with E-state index < -0.39 is 0 Å². The Labute approximate surface area is 111 Å². The molecule has 17 heavy (non-hydrogen) atoms. The van der Waals surface area contributed by atoms with Crippen LogP contribution < -0.4 is 11.1 Å². The summed E-state index contributed by atoms with van der Waals surface area (Å²) in [4.78, 5) is 4.24. The van der Waals surface area contributed by atoms with Crippen molar-refractivity contribution in [1.29, 1.82) is 0 Å². The zero-order chi connectivity index (χ0) is 12.3. The molecule has 1 fully saturated rings. The van der Waals surface area contributed by atoms with Crippen LogP contribution in [0.5, 0.6) is 0 Å². The molecule has 0 radical (unpaired) electrons. The van der Waals surface area contributed by atoms with Crippen molar-refractivity contribution >= 4 is 21.9 Å². The second kappa shape index (κ2) is 5.54. The van der Waals surface area contributed by atoms with E-state index in [4.69, 9.17) is 5.73 Å². The maximum absolute atomic E-state index is 5.80. The Morgan fingerprint density at radius 2 is 2.18 bits per heavy atom. The summed E-state index contributed by atoms with van der Waals surface area (Å²) in [7, 11) is 0. The molecular weight excluding hydrogens is 278 g/mol. The number of guanidine groups is 1. The highest BCUT2D eigenvalue weighted by molar-refractivity contribution is 9.10. The van der Waals surface area contributed by atoms with Crippen molar-refractivity contribution in [2.45, 2.75) is 31.7 Å². The lowest BCUT2D eigenvalue weighted by Gasteiger charge is -2.05.